The van der Waals surface area contributed by atoms with Crippen molar-refractivity contribution in [3.05, 3.63) is 65.7 Å². The lowest BCUT2D eigenvalue weighted by molar-refractivity contribution is -0.140. The second-order valence-electron chi connectivity index (χ2n) is 5.13. The summed E-state index contributed by atoms with van der Waals surface area (Å²) < 4.78 is 10.7. The Morgan fingerprint density at radius 1 is 1.13 bits per heavy atom. The average Bonchev–Trinajstić information content (AvgIpc) is 2.97. The van der Waals surface area contributed by atoms with Crippen LogP contribution in [0.4, 0.5) is 4.79 Å². The summed E-state index contributed by atoms with van der Waals surface area (Å²) in [5.74, 6) is -0.480. The number of hydrogen-bond acceptors (Lipinski definition) is 4. The Morgan fingerprint density at radius 3 is 2.48 bits per heavy atom. The summed E-state index contributed by atoms with van der Waals surface area (Å²) in [6.07, 6.45) is -1.57. The number of benzene rings is 2. The van der Waals surface area contributed by atoms with Crippen LogP contribution in [0.3, 0.4) is 0 Å². The third-order valence-corrected chi connectivity index (χ3v) is 3.53. The van der Waals surface area contributed by atoms with E-state index >= 15 is 0 Å². The zero-order valence-corrected chi connectivity index (χ0v) is 12.1. The molecule has 6 heteroatoms. The van der Waals surface area contributed by atoms with Gasteiger partial charge < -0.3 is 19.9 Å². The van der Waals surface area contributed by atoms with Crippen molar-refractivity contribution >= 4 is 12.1 Å². The summed E-state index contributed by atoms with van der Waals surface area (Å²) in [4.78, 5) is 22.4. The van der Waals surface area contributed by atoms with Gasteiger partial charge in [0.15, 0.2) is 12.1 Å². The van der Waals surface area contributed by atoms with Crippen molar-refractivity contribution in [3.8, 4) is 5.75 Å². The number of ether oxygens (including phenoxy) is 2. The van der Waals surface area contributed by atoms with E-state index in [-0.39, 0.29) is 0 Å². The fraction of sp³-hybridized carbons (Fsp3) is 0.176. The highest BCUT2D eigenvalue weighted by atomic mass is 16.6. The van der Waals surface area contributed by atoms with Crippen molar-refractivity contribution in [1.29, 1.82) is 0 Å². The number of carboxylic acid groups (broad SMARTS) is 1. The summed E-state index contributed by atoms with van der Waals surface area (Å²) in [6.45, 7) is 0.442. The zero-order chi connectivity index (χ0) is 16.2. The maximum Gasteiger partial charge on any atom is 0.408 e. The monoisotopic (exact) mass is 313 g/mol. The molecule has 2 aromatic carbocycles. The van der Waals surface area contributed by atoms with Crippen molar-refractivity contribution in [1.82, 2.24) is 5.32 Å². The number of carboxylic acids is 1. The van der Waals surface area contributed by atoms with E-state index in [1.54, 1.807) is 24.3 Å². The van der Waals surface area contributed by atoms with E-state index < -0.39 is 24.2 Å². The van der Waals surface area contributed by atoms with Crippen LogP contribution in [0.15, 0.2) is 54.6 Å². The molecule has 0 aromatic heterocycles. The third-order valence-electron chi connectivity index (χ3n) is 3.53. The van der Waals surface area contributed by atoms with Gasteiger partial charge in [-0.1, -0.05) is 42.5 Å². The molecule has 2 N–H and O–H groups in total. The predicted molar refractivity (Wildman–Crippen MR) is 81.0 cm³/mol. The van der Waals surface area contributed by atoms with Crippen LogP contribution >= 0.6 is 0 Å². The lowest BCUT2D eigenvalue weighted by Crippen LogP contribution is -2.35. The van der Waals surface area contributed by atoms with Crippen LogP contribution in [0.1, 0.15) is 17.2 Å². The molecular weight excluding hydrogens is 298 g/mol. The molecule has 2 atom stereocenters. The minimum Gasteiger partial charge on any atom is -0.489 e. The molecule has 118 valence electrons. The van der Waals surface area contributed by atoms with Crippen LogP contribution in [0.5, 0.6) is 5.75 Å². The van der Waals surface area contributed by atoms with Gasteiger partial charge in [-0.2, -0.15) is 0 Å². The molecular formula is C17H15NO5. The Morgan fingerprint density at radius 2 is 1.83 bits per heavy atom. The van der Waals surface area contributed by atoms with Gasteiger partial charge in [-0.3, -0.25) is 0 Å². The molecule has 1 aliphatic rings. The van der Waals surface area contributed by atoms with Crippen molar-refractivity contribution in [2.24, 2.45) is 0 Å². The molecule has 1 aliphatic heterocycles. The Kier molecular flexibility index (Phi) is 4.14. The number of carbonyl (C=O) groups excluding carboxylic acids is 1. The lowest BCUT2D eigenvalue weighted by Gasteiger charge is -2.14. The minimum atomic E-state index is -1.13. The first-order valence-corrected chi connectivity index (χ1v) is 7.10. The molecule has 3 rings (SSSR count). The second kappa shape index (κ2) is 6.39. The fourth-order valence-corrected chi connectivity index (χ4v) is 2.37. The molecule has 0 aliphatic carbocycles. The number of rotatable bonds is 5. The van der Waals surface area contributed by atoms with Crippen LogP contribution in [0.25, 0.3) is 0 Å². The van der Waals surface area contributed by atoms with E-state index in [2.05, 4.69) is 5.32 Å². The topological polar surface area (TPSA) is 84.9 Å². The molecule has 1 fully saturated rings. The number of alkyl carbamates (subject to hydrolysis) is 1. The van der Waals surface area contributed by atoms with E-state index in [0.29, 0.717) is 17.9 Å². The number of hydrogen-bond donors (Lipinski definition) is 2. The molecule has 6 nitrogen and oxygen atoms in total. The zero-order valence-electron chi connectivity index (χ0n) is 12.1. The Labute approximate surface area is 132 Å². The van der Waals surface area contributed by atoms with E-state index in [1.165, 1.54) is 0 Å². The van der Waals surface area contributed by atoms with Crippen LogP contribution in [0.2, 0.25) is 0 Å². The number of aliphatic carboxylic acids is 1. The van der Waals surface area contributed by atoms with E-state index in [0.717, 1.165) is 5.56 Å². The molecule has 0 saturated carbocycles. The van der Waals surface area contributed by atoms with Crippen molar-refractivity contribution in [2.45, 2.75) is 18.8 Å². The Bertz CT molecular complexity index is 699. The standard InChI is InChI=1S/C17H15NO5/c19-16(20)14-15(23-17(21)18-14)12-6-8-13(9-7-12)22-10-11-4-2-1-3-5-11/h1-9,14-15H,10H2,(H,18,21)(H,19,20). The minimum absolute atomic E-state index is 0.442. The largest absolute Gasteiger partial charge is 0.489 e. The number of nitrogens with one attached hydrogen (secondary N) is 1. The quantitative estimate of drug-likeness (QED) is 0.886. The smallest absolute Gasteiger partial charge is 0.408 e. The van der Waals surface area contributed by atoms with Gasteiger partial charge in [0.05, 0.1) is 0 Å². The van der Waals surface area contributed by atoms with Crippen molar-refractivity contribution in [3.63, 3.8) is 0 Å². The fourth-order valence-electron chi connectivity index (χ4n) is 2.37. The van der Waals surface area contributed by atoms with Gasteiger partial charge in [0.25, 0.3) is 0 Å². The normalized spacial score (nSPS) is 19.7. The molecule has 2 unspecified atom stereocenters. The van der Waals surface area contributed by atoms with Crippen LogP contribution in [0, 0.1) is 0 Å². The van der Waals surface area contributed by atoms with Crippen LogP contribution < -0.4 is 10.1 Å². The Hall–Kier alpha value is -3.02. The van der Waals surface area contributed by atoms with Crippen LogP contribution in [-0.4, -0.2) is 23.2 Å². The molecule has 0 bridgehead atoms. The summed E-state index contributed by atoms with van der Waals surface area (Å²) in [6, 6.07) is 15.5. The van der Waals surface area contributed by atoms with Gasteiger partial charge in [-0.05, 0) is 23.3 Å². The number of amides is 1. The SMILES string of the molecule is O=C1NC(C(=O)O)C(c2ccc(OCc3ccccc3)cc2)O1. The lowest BCUT2D eigenvalue weighted by atomic mass is 10.0. The summed E-state index contributed by atoms with van der Waals surface area (Å²) in [5.41, 5.74) is 1.65. The highest BCUT2D eigenvalue weighted by molar-refractivity contribution is 5.84. The van der Waals surface area contributed by atoms with Crippen molar-refractivity contribution in [2.75, 3.05) is 0 Å². The van der Waals surface area contributed by atoms with Crippen molar-refractivity contribution < 1.29 is 24.2 Å². The molecule has 2 aromatic rings. The van der Waals surface area contributed by atoms with Crippen LogP contribution in [-0.2, 0) is 16.1 Å². The van der Waals surface area contributed by atoms with Gasteiger partial charge in [-0.15, -0.1) is 0 Å². The molecule has 0 spiro atoms. The van der Waals surface area contributed by atoms with Gasteiger partial charge in [-0.25, -0.2) is 9.59 Å². The van der Waals surface area contributed by atoms with Gasteiger partial charge in [0, 0.05) is 0 Å². The third kappa shape index (κ3) is 3.42. The number of cyclic esters (lactones) is 1. The molecule has 1 saturated heterocycles. The number of carbonyl (C=O) groups is 2. The maximum atomic E-state index is 11.2. The Balaban J connectivity index is 1.67. The maximum absolute atomic E-state index is 11.2. The first-order chi connectivity index (χ1) is 11.1. The van der Waals surface area contributed by atoms with Gasteiger partial charge >= 0.3 is 12.1 Å². The first kappa shape index (κ1) is 14.9. The summed E-state index contributed by atoms with van der Waals surface area (Å²) in [5, 5.41) is 11.4. The van der Waals surface area contributed by atoms with E-state index in [1.807, 2.05) is 30.3 Å². The molecule has 1 amide bonds. The molecule has 23 heavy (non-hydrogen) atoms. The molecule has 0 radical (unpaired) electrons. The highest BCUT2D eigenvalue weighted by Gasteiger charge is 2.40. The van der Waals surface area contributed by atoms with E-state index in [4.69, 9.17) is 14.6 Å². The van der Waals surface area contributed by atoms with Gasteiger partial charge in [0.2, 0.25) is 0 Å². The second-order valence-corrected chi connectivity index (χ2v) is 5.13. The first-order valence-electron chi connectivity index (χ1n) is 7.10. The molecule has 1 heterocycles. The predicted octanol–water partition coefficient (Wildman–Crippen LogP) is 2.50. The summed E-state index contributed by atoms with van der Waals surface area (Å²) in [7, 11) is 0. The summed E-state index contributed by atoms with van der Waals surface area (Å²) >= 11 is 0. The highest BCUT2D eigenvalue weighted by Crippen LogP contribution is 2.28. The van der Waals surface area contributed by atoms with E-state index in [9.17, 15) is 9.59 Å². The van der Waals surface area contributed by atoms with Gasteiger partial charge in [0.1, 0.15) is 12.4 Å². The average molecular weight is 313 g/mol.